The van der Waals surface area contributed by atoms with Crippen LogP contribution in [0.25, 0.3) is 11.4 Å². The summed E-state index contributed by atoms with van der Waals surface area (Å²) in [4.78, 5) is 30.6. The Kier molecular flexibility index (Phi) is 12.9. The van der Waals surface area contributed by atoms with E-state index in [9.17, 15) is 9.59 Å². The number of aromatic nitrogens is 6. The standard InChI is InChI=1S/C12H13N3O2.C10H9N3O2.Li.2H2O/c1-3-17-12(16)11-7-9(2)14-15(11)10-5-4-6-13-8-10;1-7-5-9(10(14)15)13(12-7)8-3-2-4-11-6-8;;;/h4-8H,3H2,1-2H3;2-6H,1H3,(H,14,15);;2*1H2/q;;+1;;/p-1. The Bertz CT molecular complexity index is 1210. The summed E-state index contributed by atoms with van der Waals surface area (Å²) in [5.74, 6) is -1.38. The zero-order chi connectivity index (χ0) is 23.1. The Morgan fingerprint density at radius 2 is 1.37 bits per heavy atom. The number of carboxylic acid groups (broad SMARTS) is 1. The molecular formula is C22H25LiN6O6. The second kappa shape index (κ2) is 14.4. The molecule has 0 fully saturated rings. The molecule has 0 amide bonds. The maximum absolute atomic E-state index is 11.7. The number of carbonyl (C=O) groups excluding carboxylic acids is 1. The van der Waals surface area contributed by atoms with Gasteiger partial charge in [0.2, 0.25) is 0 Å². The first-order chi connectivity index (χ1) is 15.4. The Labute approximate surface area is 213 Å². The van der Waals surface area contributed by atoms with Crippen LogP contribution >= 0.6 is 0 Å². The SMILES string of the molecule is CCOC(=O)c1cc(C)nn1-c1cccnc1.Cc1cc(C(=O)O)n(-c2cccnc2)n1.O.[Li+].[OH-]. The molecule has 4 N–H and O–H groups in total. The van der Waals surface area contributed by atoms with Crippen molar-refractivity contribution in [3.05, 3.63) is 84.0 Å². The molecule has 35 heavy (non-hydrogen) atoms. The number of carbonyl (C=O) groups is 2. The molecule has 4 heterocycles. The molecule has 0 aliphatic rings. The van der Waals surface area contributed by atoms with Crippen molar-refractivity contribution >= 4 is 11.9 Å². The Hall–Kier alpha value is -3.82. The van der Waals surface area contributed by atoms with Crippen LogP contribution in [0.5, 0.6) is 0 Å². The summed E-state index contributed by atoms with van der Waals surface area (Å²) in [6, 6.07) is 10.3. The van der Waals surface area contributed by atoms with Gasteiger partial charge in [-0.1, -0.05) is 0 Å². The predicted molar refractivity (Wildman–Crippen MR) is 121 cm³/mol. The first kappa shape index (κ1) is 31.2. The van der Waals surface area contributed by atoms with E-state index in [1.807, 2.05) is 13.0 Å². The fourth-order valence-corrected chi connectivity index (χ4v) is 2.85. The third-order valence-electron chi connectivity index (χ3n) is 4.15. The van der Waals surface area contributed by atoms with Gasteiger partial charge in [-0.05, 0) is 57.2 Å². The summed E-state index contributed by atoms with van der Waals surface area (Å²) in [6.45, 7) is 5.69. The van der Waals surface area contributed by atoms with Crippen molar-refractivity contribution in [2.75, 3.05) is 6.61 Å². The van der Waals surface area contributed by atoms with Crippen molar-refractivity contribution in [1.82, 2.24) is 29.5 Å². The molecule has 12 nitrogen and oxygen atoms in total. The number of aromatic carboxylic acids is 1. The van der Waals surface area contributed by atoms with Gasteiger partial charge in [0.25, 0.3) is 0 Å². The van der Waals surface area contributed by atoms with Gasteiger partial charge in [0.05, 0.1) is 41.8 Å². The van der Waals surface area contributed by atoms with Crippen molar-refractivity contribution in [1.29, 1.82) is 0 Å². The van der Waals surface area contributed by atoms with Gasteiger partial charge in [-0.2, -0.15) is 10.2 Å². The van der Waals surface area contributed by atoms with Crippen molar-refractivity contribution in [2.45, 2.75) is 20.8 Å². The van der Waals surface area contributed by atoms with Crippen molar-refractivity contribution in [2.24, 2.45) is 0 Å². The second-order valence-corrected chi connectivity index (χ2v) is 6.61. The van der Waals surface area contributed by atoms with E-state index in [0.29, 0.717) is 23.7 Å². The predicted octanol–water partition coefficient (Wildman–Crippen LogP) is -0.971. The topological polar surface area (TPSA) is 187 Å². The maximum atomic E-state index is 11.7. The molecule has 0 saturated carbocycles. The van der Waals surface area contributed by atoms with Crippen molar-refractivity contribution in [3.63, 3.8) is 0 Å². The van der Waals surface area contributed by atoms with E-state index in [-0.39, 0.29) is 41.5 Å². The van der Waals surface area contributed by atoms with E-state index >= 15 is 0 Å². The average Bonchev–Trinajstić information content (AvgIpc) is 3.39. The molecule has 4 aromatic heterocycles. The molecule has 0 radical (unpaired) electrons. The van der Waals surface area contributed by atoms with Gasteiger partial charge in [0.1, 0.15) is 0 Å². The van der Waals surface area contributed by atoms with Gasteiger partial charge in [0.15, 0.2) is 11.4 Å². The summed E-state index contributed by atoms with van der Waals surface area (Å²) < 4.78 is 7.89. The molecule has 0 atom stereocenters. The number of ether oxygens (including phenoxy) is 1. The molecule has 0 bridgehead atoms. The largest absolute Gasteiger partial charge is 1.00 e. The van der Waals surface area contributed by atoms with Crippen LogP contribution in [0, 0.1) is 13.8 Å². The number of esters is 1. The summed E-state index contributed by atoms with van der Waals surface area (Å²) in [7, 11) is 0. The second-order valence-electron chi connectivity index (χ2n) is 6.61. The van der Waals surface area contributed by atoms with Crippen LogP contribution < -0.4 is 18.9 Å². The molecule has 0 aliphatic heterocycles. The van der Waals surface area contributed by atoms with E-state index in [2.05, 4.69) is 20.2 Å². The Morgan fingerprint density at radius 3 is 1.77 bits per heavy atom. The van der Waals surface area contributed by atoms with E-state index in [1.165, 1.54) is 10.7 Å². The van der Waals surface area contributed by atoms with Crippen LogP contribution in [0.15, 0.2) is 61.2 Å². The molecule has 0 aromatic carbocycles. The number of carboxylic acids is 1. The molecule has 13 heteroatoms. The molecule has 0 saturated heterocycles. The van der Waals surface area contributed by atoms with E-state index < -0.39 is 5.97 Å². The van der Waals surface area contributed by atoms with Crippen LogP contribution in [-0.4, -0.2) is 64.1 Å². The molecule has 0 spiro atoms. The average molecular weight is 476 g/mol. The van der Waals surface area contributed by atoms with Crippen molar-refractivity contribution < 1.29 is 49.2 Å². The van der Waals surface area contributed by atoms with Gasteiger partial charge in [-0.15, -0.1) is 0 Å². The van der Waals surface area contributed by atoms with E-state index in [0.717, 1.165) is 11.4 Å². The third-order valence-corrected chi connectivity index (χ3v) is 4.15. The molecule has 4 aromatic rings. The van der Waals surface area contributed by atoms with Gasteiger partial charge < -0.3 is 20.8 Å². The van der Waals surface area contributed by atoms with Gasteiger partial charge in [-0.25, -0.2) is 19.0 Å². The Balaban J connectivity index is 0.000000612. The summed E-state index contributed by atoms with van der Waals surface area (Å²) >= 11 is 0. The fourth-order valence-electron chi connectivity index (χ4n) is 2.85. The monoisotopic (exact) mass is 476 g/mol. The van der Waals surface area contributed by atoms with Crippen LogP contribution in [0.1, 0.15) is 39.3 Å². The number of pyridine rings is 2. The smallest absolute Gasteiger partial charge is 0.870 e. The zero-order valence-electron chi connectivity index (χ0n) is 19.8. The zero-order valence-corrected chi connectivity index (χ0v) is 19.8. The third kappa shape index (κ3) is 7.87. The summed E-state index contributed by atoms with van der Waals surface area (Å²) in [5.41, 5.74) is 3.36. The Morgan fingerprint density at radius 1 is 0.914 bits per heavy atom. The number of hydrogen-bond donors (Lipinski definition) is 1. The summed E-state index contributed by atoms with van der Waals surface area (Å²) in [5, 5.41) is 17.3. The van der Waals surface area contributed by atoms with Gasteiger partial charge in [-0.3, -0.25) is 9.97 Å². The number of rotatable bonds is 5. The van der Waals surface area contributed by atoms with E-state index in [4.69, 9.17) is 9.84 Å². The molecule has 180 valence electrons. The minimum absolute atomic E-state index is 0. The fraction of sp³-hybridized carbons (Fsp3) is 0.182. The van der Waals surface area contributed by atoms with Gasteiger partial charge in [0, 0.05) is 12.4 Å². The molecule has 0 unspecified atom stereocenters. The molecule has 4 rings (SSSR count). The summed E-state index contributed by atoms with van der Waals surface area (Å²) in [6.07, 6.45) is 6.51. The number of nitrogens with zero attached hydrogens (tertiary/aromatic N) is 6. The minimum atomic E-state index is -1.00. The molecular weight excluding hydrogens is 451 g/mol. The normalized spacial score (nSPS) is 9.34. The van der Waals surface area contributed by atoms with Crippen LogP contribution in [0.3, 0.4) is 0 Å². The number of hydrogen-bond acceptors (Lipinski definition) is 8. The first-order valence-electron chi connectivity index (χ1n) is 9.75. The van der Waals surface area contributed by atoms with Crippen LogP contribution in [0.4, 0.5) is 0 Å². The number of aryl methyl sites for hydroxylation is 2. The van der Waals surface area contributed by atoms with Crippen molar-refractivity contribution in [3.8, 4) is 11.4 Å². The van der Waals surface area contributed by atoms with Crippen LogP contribution in [-0.2, 0) is 4.74 Å². The first-order valence-corrected chi connectivity index (χ1v) is 9.75. The quantitative estimate of drug-likeness (QED) is 0.279. The minimum Gasteiger partial charge on any atom is -0.870 e. The maximum Gasteiger partial charge on any atom is 1.00 e. The van der Waals surface area contributed by atoms with Crippen LogP contribution in [0.2, 0.25) is 0 Å². The van der Waals surface area contributed by atoms with E-state index in [1.54, 1.807) is 67.6 Å². The molecule has 0 aliphatic carbocycles. The van der Waals surface area contributed by atoms with Gasteiger partial charge >= 0.3 is 30.8 Å².